The average molecular weight is 376 g/mol. The number of nitrogen functional groups attached to an aromatic ring is 1. The van der Waals surface area contributed by atoms with Crippen LogP contribution in [-0.4, -0.2) is 36.7 Å². The van der Waals surface area contributed by atoms with Crippen molar-refractivity contribution in [2.24, 2.45) is 0 Å². The van der Waals surface area contributed by atoms with Crippen molar-refractivity contribution in [1.29, 1.82) is 0 Å². The zero-order valence-electron chi connectivity index (χ0n) is 15.9. The molecule has 0 unspecified atom stereocenters. The topological polar surface area (TPSA) is 120 Å². The number of amides is 1. The molecule has 0 bridgehead atoms. The normalized spacial score (nSPS) is 10.5. The SMILES string of the molecule is CCCCn1c(N)c(N(C)C(=O)c2ccc(OC)c(OC)c2)c(=O)[nH]c1=O. The van der Waals surface area contributed by atoms with Gasteiger partial charge < -0.3 is 20.1 Å². The lowest BCUT2D eigenvalue weighted by Crippen LogP contribution is -2.39. The molecule has 0 saturated heterocycles. The van der Waals surface area contributed by atoms with Gasteiger partial charge in [0.25, 0.3) is 11.5 Å². The average Bonchev–Trinajstić information content (AvgIpc) is 2.66. The predicted octanol–water partition coefficient (Wildman–Crippen LogP) is 1.21. The van der Waals surface area contributed by atoms with E-state index in [-0.39, 0.29) is 17.1 Å². The molecule has 0 aliphatic carbocycles. The van der Waals surface area contributed by atoms with Crippen LogP contribution in [0, 0.1) is 0 Å². The summed E-state index contributed by atoms with van der Waals surface area (Å²) < 4.78 is 11.6. The molecule has 9 nitrogen and oxygen atoms in total. The minimum atomic E-state index is -0.721. The number of nitrogens with two attached hydrogens (primary N) is 1. The second-order valence-electron chi connectivity index (χ2n) is 5.93. The summed E-state index contributed by atoms with van der Waals surface area (Å²) in [5.41, 5.74) is 4.93. The van der Waals surface area contributed by atoms with Gasteiger partial charge in [-0.25, -0.2) is 4.79 Å². The fraction of sp³-hybridized carbons (Fsp3) is 0.389. The maximum Gasteiger partial charge on any atom is 0.330 e. The van der Waals surface area contributed by atoms with Gasteiger partial charge in [-0.05, 0) is 24.6 Å². The van der Waals surface area contributed by atoms with Crippen molar-refractivity contribution in [3.05, 3.63) is 44.6 Å². The first-order valence-corrected chi connectivity index (χ1v) is 8.48. The first-order chi connectivity index (χ1) is 12.8. The molecule has 27 heavy (non-hydrogen) atoms. The number of aromatic amines is 1. The summed E-state index contributed by atoms with van der Waals surface area (Å²) in [4.78, 5) is 40.5. The molecular weight excluding hydrogens is 352 g/mol. The van der Waals surface area contributed by atoms with Crippen LogP contribution in [0.3, 0.4) is 0 Å². The van der Waals surface area contributed by atoms with E-state index < -0.39 is 17.2 Å². The molecule has 146 valence electrons. The summed E-state index contributed by atoms with van der Waals surface area (Å²) in [6.07, 6.45) is 1.56. The third kappa shape index (κ3) is 3.97. The second kappa shape index (κ2) is 8.43. The number of methoxy groups -OCH3 is 2. The zero-order chi connectivity index (χ0) is 20.1. The van der Waals surface area contributed by atoms with Gasteiger partial charge in [-0.1, -0.05) is 13.3 Å². The van der Waals surface area contributed by atoms with Crippen LogP contribution >= 0.6 is 0 Å². The highest BCUT2D eigenvalue weighted by molar-refractivity contribution is 6.07. The van der Waals surface area contributed by atoms with Crippen molar-refractivity contribution in [2.75, 3.05) is 31.9 Å². The zero-order valence-corrected chi connectivity index (χ0v) is 15.9. The number of aromatic nitrogens is 2. The molecule has 0 aliphatic heterocycles. The Hall–Kier alpha value is -3.23. The van der Waals surface area contributed by atoms with Crippen LogP contribution in [0.1, 0.15) is 30.1 Å². The van der Waals surface area contributed by atoms with E-state index in [4.69, 9.17) is 15.2 Å². The Labute approximate surface area is 156 Å². The number of hydrogen-bond donors (Lipinski definition) is 2. The minimum absolute atomic E-state index is 0.0477. The van der Waals surface area contributed by atoms with Crippen LogP contribution in [0.15, 0.2) is 27.8 Å². The number of carbonyl (C=O) groups excluding carboxylic acids is 1. The Morgan fingerprint density at radius 3 is 2.48 bits per heavy atom. The molecule has 1 heterocycles. The number of rotatable bonds is 7. The highest BCUT2D eigenvalue weighted by Crippen LogP contribution is 2.28. The van der Waals surface area contributed by atoms with E-state index in [0.717, 1.165) is 11.3 Å². The number of benzene rings is 1. The Morgan fingerprint density at radius 2 is 1.89 bits per heavy atom. The van der Waals surface area contributed by atoms with Gasteiger partial charge in [-0.2, -0.15) is 0 Å². The van der Waals surface area contributed by atoms with E-state index in [1.807, 2.05) is 6.92 Å². The molecule has 2 rings (SSSR count). The van der Waals surface area contributed by atoms with Gasteiger partial charge in [0.15, 0.2) is 17.2 Å². The lowest BCUT2D eigenvalue weighted by Gasteiger charge is -2.21. The first kappa shape index (κ1) is 20.1. The Balaban J connectivity index is 2.48. The van der Waals surface area contributed by atoms with E-state index in [1.54, 1.807) is 12.1 Å². The van der Waals surface area contributed by atoms with Crippen molar-refractivity contribution < 1.29 is 14.3 Å². The van der Waals surface area contributed by atoms with Crippen molar-refractivity contribution in [3.8, 4) is 11.5 Å². The van der Waals surface area contributed by atoms with Gasteiger partial charge >= 0.3 is 5.69 Å². The number of unbranched alkanes of at least 4 members (excludes halogenated alkanes) is 1. The molecule has 0 saturated carbocycles. The van der Waals surface area contributed by atoms with Gasteiger partial charge in [0.2, 0.25) is 0 Å². The molecule has 0 fully saturated rings. The van der Waals surface area contributed by atoms with Crippen molar-refractivity contribution in [2.45, 2.75) is 26.3 Å². The number of ether oxygens (including phenoxy) is 2. The summed E-state index contributed by atoms with van der Waals surface area (Å²) in [5.74, 6) is 0.330. The van der Waals surface area contributed by atoms with Crippen LogP contribution < -0.4 is 31.4 Å². The van der Waals surface area contributed by atoms with E-state index in [0.29, 0.717) is 24.5 Å². The Morgan fingerprint density at radius 1 is 1.22 bits per heavy atom. The number of nitrogens with one attached hydrogen (secondary N) is 1. The van der Waals surface area contributed by atoms with Crippen molar-refractivity contribution >= 4 is 17.4 Å². The molecule has 9 heteroatoms. The quantitative estimate of drug-likeness (QED) is 0.750. The maximum absolute atomic E-state index is 12.9. The second-order valence-corrected chi connectivity index (χ2v) is 5.93. The summed E-state index contributed by atoms with van der Waals surface area (Å²) in [6, 6.07) is 4.66. The number of nitrogens with zero attached hydrogens (tertiary/aromatic N) is 2. The predicted molar refractivity (Wildman–Crippen MR) is 103 cm³/mol. The monoisotopic (exact) mass is 376 g/mol. The number of H-pyrrole nitrogens is 1. The molecule has 0 spiro atoms. The van der Waals surface area contributed by atoms with Crippen LogP contribution in [0.2, 0.25) is 0 Å². The third-order valence-corrected chi connectivity index (χ3v) is 4.22. The summed E-state index contributed by atoms with van der Waals surface area (Å²) in [7, 11) is 4.38. The Bertz CT molecular complexity index is 948. The number of hydrogen-bond acceptors (Lipinski definition) is 6. The fourth-order valence-corrected chi connectivity index (χ4v) is 2.70. The fourth-order valence-electron chi connectivity index (χ4n) is 2.70. The molecule has 1 amide bonds. The molecule has 1 aromatic heterocycles. The lowest BCUT2D eigenvalue weighted by molar-refractivity contribution is 0.0992. The maximum atomic E-state index is 12.9. The van der Waals surface area contributed by atoms with E-state index in [9.17, 15) is 14.4 Å². The third-order valence-electron chi connectivity index (χ3n) is 4.22. The van der Waals surface area contributed by atoms with Gasteiger partial charge in [0.1, 0.15) is 5.82 Å². The lowest BCUT2D eigenvalue weighted by atomic mass is 10.1. The molecule has 0 aliphatic rings. The molecule has 2 aromatic rings. The van der Waals surface area contributed by atoms with Crippen molar-refractivity contribution in [1.82, 2.24) is 9.55 Å². The number of carbonyl (C=O) groups is 1. The van der Waals surface area contributed by atoms with Gasteiger partial charge in [-0.15, -0.1) is 0 Å². The standard InChI is InChI=1S/C18H24N4O5/c1-5-6-9-22-15(19)14(16(23)20-18(22)25)21(2)17(24)11-7-8-12(26-3)13(10-11)27-4/h7-8,10H,5-6,9,19H2,1-4H3,(H,20,23,25). The molecule has 3 N–H and O–H groups in total. The molecule has 1 aromatic carbocycles. The van der Waals surface area contributed by atoms with Crippen LogP contribution in [0.25, 0.3) is 0 Å². The number of anilines is 2. The minimum Gasteiger partial charge on any atom is -0.493 e. The summed E-state index contributed by atoms with van der Waals surface area (Å²) in [6.45, 7) is 2.32. The van der Waals surface area contributed by atoms with Gasteiger partial charge in [-0.3, -0.25) is 19.1 Å². The van der Waals surface area contributed by atoms with E-state index >= 15 is 0 Å². The van der Waals surface area contributed by atoms with Crippen LogP contribution in [0.5, 0.6) is 11.5 Å². The van der Waals surface area contributed by atoms with E-state index in [1.165, 1.54) is 31.9 Å². The van der Waals surface area contributed by atoms with Gasteiger partial charge in [0, 0.05) is 19.2 Å². The van der Waals surface area contributed by atoms with Crippen LogP contribution in [0.4, 0.5) is 11.5 Å². The summed E-state index contributed by atoms with van der Waals surface area (Å²) >= 11 is 0. The van der Waals surface area contributed by atoms with Gasteiger partial charge in [0.05, 0.1) is 14.2 Å². The largest absolute Gasteiger partial charge is 0.493 e. The summed E-state index contributed by atoms with van der Waals surface area (Å²) in [5, 5.41) is 0. The highest BCUT2D eigenvalue weighted by atomic mass is 16.5. The first-order valence-electron chi connectivity index (χ1n) is 8.48. The molecule has 0 radical (unpaired) electrons. The Kier molecular flexibility index (Phi) is 6.27. The molecule has 0 atom stereocenters. The van der Waals surface area contributed by atoms with E-state index in [2.05, 4.69) is 4.98 Å². The smallest absolute Gasteiger partial charge is 0.330 e. The van der Waals surface area contributed by atoms with Crippen molar-refractivity contribution in [3.63, 3.8) is 0 Å². The molecular formula is C18H24N4O5. The van der Waals surface area contributed by atoms with Crippen LogP contribution in [-0.2, 0) is 6.54 Å². The highest BCUT2D eigenvalue weighted by Gasteiger charge is 2.22.